The summed E-state index contributed by atoms with van der Waals surface area (Å²) >= 11 is 0. The Morgan fingerprint density at radius 2 is 1.40 bits per heavy atom. The normalized spacial score (nSPS) is 19.1. The average Bonchev–Trinajstić information content (AvgIpc) is 4.19. The summed E-state index contributed by atoms with van der Waals surface area (Å²) in [6.45, 7) is 6.20. The number of imidazole rings is 1. The minimum atomic E-state index is -5.23. The lowest BCUT2D eigenvalue weighted by atomic mass is 9.80. The van der Waals surface area contributed by atoms with Crippen molar-refractivity contribution in [2.75, 3.05) is 19.7 Å². The summed E-state index contributed by atoms with van der Waals surface area (Å²) in [6, 6.07) is 0.910. The number of aromatic amines is 1. The molecule has 0 aliphatic carbocycles. The summed E-state index contributed by atoms with van der Waals surface area (Å²) in [5.74, 6) is -14.9. The van der Waals surface area contributed by atoms with Gasteiger partial charge in [0.25, 0.3) is 0 Å². The van der Waals surface area contributed by atoms with Crippen LogP contribution < -0.4 is 27.4 Å². The predicted molar refractivity (Wildman–Crippen MR) is 275 cm³/mol. The molecule has 0 saturated carbocycles. The lowest BCUT2D eigenvalue weighted by Crippen LogP contribution is -2.56. The molecule has 6 amide bonds. The molecule has 0 spiro atoms. The van der Waals surface area contributed by atoms with E-state index in [9.17, 15) is 77.3 Å². The maximum absolute atomic E-state index is 14.6. The summed E-state index contributed by atoms with van der Waals surface area (Å²) in [5.41, 5.74) is 13.1. The van der Waals surface area contributed by atoms with Crippen molar-refractivity contribution in [1.29, 1.82) is 0 Å². The van der Waals surface area contributed by atoms with Crippen LogP contribution in [0.2, 0.25) is 0 Å². The maximum Gasteiger partial charge on any atom is 0.469 e. The first-order valence-corrected chi connectivity index (χ1v) is 27.4. The van der Waals surface area contributed by atoms with Crippen LogP contribution >= 0.6 is 7.82 Å². The Balaban J connectivity index is 1.54. The Morgan fingerprint density at radius 1 is 0.782 bits per heavy atom. The number of Topliss-reactive ketones (excluding diaryl/α,β-unsaturated/α-hetero) is 4. The number of amides is 6. The number of hydrogen-bond donors (Lipinski definition) is 10. The number of H-pyrrole nitrogens is 1. The zero-order valence-corrected chi connectivity index (χ0v) is 45.3. The molecule has 2 saturated heterocycles. The Kier molecular flexibility index (Phi) is 24.1. The zero-order chi connectivity index (χ0) is 58.2. The van der Waals surface area contributed by atoms with Crippen LogP contribution in [-0.4, -0.2) is 166 Å². The number of primary amides is 1. The van der Waals surface area contributed by atoms with Crippen molar-refractivity contribution in [2.45, 2.75) is 148 Å². The van der Waals surface area contributed by atoms with E-state index in [0.29, 0.717) is 24.1 Å². The molecule has 4 rings (SSSR count). The second-order valence-electron chi connectivity index (χ2n) is 20.6. The summed E-state index contributed by atoms with van der Waals surface area (Å²) in [4.78, 5) is 177. The molecule has 430 valence electrons. The minimum Gasteiger partial charge on any atom is -0.481 e. The number of nitrogens with two attached hydrogens (primary N) is 2. The Labute approximate surface area is 451 Å². The van der Waals surface area contributed by atoms with Gasteiger partial charge < -0.3 is 62.2 Å². The molecular formula is C51H74N9O17P. The van der Waals surface area contributed by atoms with E-state index in [1.54, 1.807) is 44.2 Å². The van der Waals surface area contributed by atoms with Crippen molar-refractivity contribution in [2.24, 2.45) is 41.1 Å². The highest BCUT2D eigenvalue weighted by molar-refractivity contribution is 7.46. The molecule has 2 aliphatic heterocycles. The highest BCUT2D eigenvalue weighted by Gasteiger charge is 2.47. The van der Waals surface area contributed by atoms with Crippen LogP contribution in [-0.2, 0) is 74.7 Å². The molecule has 26 nitrogen and oxygen atoms in total. The van der Waals surface area contributed by atoms with E-state index < -0.39 is 171 Å². The minimum absolute atomic E-state index is 0.0535. The molecule has 3 unspecified atom stereocenters. The van der Waals surface area contributed by atoms with Crippen LogP contribution in [0, 0.1) is 29.6 Å². The first-order chi connectivity index (χ1) is 36.6. The van der Waals surface area contributed by atoms with E-state index in [1.165, 1.54) is 36.2 Å². The van der Waals surface area contributed by atoms with Crippen LogP contribution in [0.3, 0.4) is 0 Å². The van der Waals surface area contributed by atoms with E-state index in [2.05, 4.69) is 30.4 Å². The van der Waals surface area contributed by atoms with Gasteiger partial charge in [-0.1, -0.05) is 44.2 Å². The first-order valence-electron chi connectivity index (χ1n) is 25.8. The van der Waals surface area contributed by atoms with Gasteiger partial charge in [-0.3, -0.25) is 57.3 Å². The number of carbonyl (C=O) groups excluding carboxylic acids is 10. The topological polar surface area (TPSA) is 418 Å². The van der Waals surface area contributed by atoms with Gasteiger partial charge >= 0.3 is 13.8 Å². The maximum atomic E-state index is 14.6. The number of aliphatic hydroxyl groups excluding tert-OH is 1. The summed E-state index contributed by atoms with van der Waals surface area (Å²) in [6.07, 6.45) is -0.706. The Hall–Kier alpha value is -6.57. The van der Waals surface area contributed by atoms with Gasteiger partial charge in [-0.25, -0.2) is 9.55 Å². The molecule has 2 aliphatic rings. The molecule has 0 bridgehead atoms. The smallest absolute Gasteiger partial charge is 0.469 e. The molecule has 1 aromatic carbocycles. The molecule has 2 aromatic rings. The molecular weight excluding hydrogens is 1040 g/mol. The highest BCUT2D eigenvalue weighted by Crippen LogP contribution is 2.40. The van der Waals surface area contributed by atoms with Crippen molar-refractivity contribution in [3.05, 3.63) is 54.1 Å². The molecule has 0 radical (unpaired) electrons. The highest BCUT2D eigenvalue weighted by atomic mass is 31.2. The number of aromatic nitrogens is 2. The molecule has 2 fully saturated rings. The molecule has 27 heteroatoms. The van der Waals surface area contributed by atoms with Gasteiger partial charge in [-0.15, -0.1) is 0 Å². The SMILES string of the molecule is CC(=O)N[C@@H](Cc1ccccc1)C(=O)C[C@@H](CC(=O)O)C(=O)N1CCCC1C(=O)N1CCC[C@H]1C(=O)C(N)[C@@H](CC(C)C)C(=O)C[C@@H](Cc1cnc[nH]1)C(=O)N[C@@H](CO)C(=O)C[C@H](C(=O)NC(C)C(N)=O)[C@@H](C)OP(=O)(O)O. The van der Waals surface area contributed by atoms with Crippen molar-refractivity contribution in [3.8, 4) is 0 Å². The predicted octanol–water partition coefficient (Wildman–Crippen LogP) is -0.594. The van der Waals surface area contributed by atoms with Crippen molar-refractivity contribution in [3.63, 3.8) is 0 Å². The number of carbonyl (C=O) groups is 11. The van der Waals surface area contributed by atoms with Crippen LogP contribution in [0.25, 0.3) is 0 Å². The van der Waals surface area contributed by atoms with Crippen LogP contribution in [0.5, 0.6) is 0 Å². The first kappa shape index (κ1) is 64.0. The number of carboxylic acids is 1. The van der Waals surface area contributed by atoms with Crippen LogP contribution in [0.4, 0.5) is 0 Å². The molecule has 78 heavy (non-hydrogen) atoms. The van der Waals surface area contributed by atoms with Crippen molar-refractivity contribution < 1.29 is 81.8 Å². The van der Waals surface area contributed by atoms with E-state index in [0.717, 1.165) is 6.92 Å². The number of nitrogens with one attached hydrogen (secondary N) is 4. The number of carboxylic acid groups (broad SMARTS) is 1. The standard InChI is InChI=1S/C51H74N9O17P/c1-27(2)17-36(41(63)20-32(19-34-24-54-26-55-34)48(70)58-38(25-61)43(65)23-35(29(4)77-78(74,75)76)49(71)56-28(3)47(53)69)45(52)46(68)39-13-9-15-59(39)51(73)40-14-10-16-60(40)50(72)33(22-44(66)67)21-42(64)37(57-30(5)62)18-31-11-7-6-8-12-31/h6-8,11-12,24,26-29,32-33,35-40,45,61H,9-10,13-23,25,52H2,1-5H3,(H2,53,69)(H,54,55)(H,56,71)(H,57,62)(H,58,70)(H,66,67)(H2,74,75,76)/t28?,29-,32-,33+,35+,36+,37+,38+,39+,40?,45?/m1/s1. The number of benzene rings is 1. The Bertz CT molecular complexity index is 2530. The average molecular weight is 1120 g/mol. The number of nitrogens with zero attached hydrogens (tertiary/aromatic N) is 3. The fourth-order valence-electron chi connectivity index (χ4n) is 9.97. The van der Waals surface area contributed by atoms with Gasteiger partial charge in [0.15, 0.2) is 17.3 Å². The van der Waals surface area contributed by atoms with E-state index in [4.69, 9.17) is 11.5 Å². The molecule has 11 atom stereocenters. The van der Waals surface area contributed by atoms with Crippen LogP contribution in [0.15, 0.2) is 42.9 Å². The van der Waals surface area contributed by atoms with E-state index in [-0.39, 0.29) is 51.1 Å². The number of aliphatic hydroxyl groups is 1. The number of aliphatic carboxylic acids is 1. The number of hydrogen-bond acceptors (Lipinski definition) is 16. The third-order valence-electron chi connectivity index (χ3n) is 14.0. The van der Waals surface area contributed by atoms with Crippen molar-refractivity contribution in [1.82, 2.24) is 35.7 Å². The van der Waals surface area contributed by atoms with E-state index >= 15 is 0 Å². The second kappa shape index (κ2) is 29.4. The summed E-state index contributed by atoms with van der Waals surface area (Å²) in [5, 5.41) is 27.4. The van der Waals surface area contributed by atoms with Gasteiger partial charge in [-0.2, -0.15) is 0 Å². The van der Waals surface area contributed by atoms with Gasteiger partial charge in [-0.05, 0) is 63.9 Å². The number of ketones is 4. The molecule has 12 N–H and O–H groups in total. The zero-order valence-electron chi connectivity index (χ0n) is 44.4. The fraction of sp³-hybridized carbons (Fsp3) is 0.608. The van der Waals surface area contributed by atoms with Gasteiger partial charge in [0, 0.05) is 63.5 Å². The lowest BCUT2D eigenvalue weighted by Gasteiger charge is -2.34. The third kappa shape index (κ3) is 18.8. The summed E-state index contributed by atoms with van der Waals surface area (Å²) < 4.78 is 16.4. The van der Waals surface area contributed by atoms with E-state index in [1.807, 2.05) is 0 Å². The lowest BCUT2D eigenvalue weighted by molar-refractivity contribution is -0.151. The number of likely N-dealkylation sites (tertiary alicyclic amines) is 2. The number of rotatable bonds is 32. The van der Waals surface area contributed by atoms with Gasteiger partial charge in [0.1, 0.15) is 23.9 Å². The Morgan fingerprint density at radius 3 is 1.96 bits per heavy atom. The second-order valence-corrected chi connectivity index (χ2v) is 21.7. The van der Waals surface area contributed by atoms with Crippen molar-refractivity contribution >= 4 is 72.4 Å². The number of phosphoric acid groups is 1. The number of phosphoric ester groups is 1. The molecule has 3 heterocycles. The molecule has 1 aromatic heterocycles. The van der Waals surface area contributed by atoms with Crippen LogP contribution in [0.1, 0.15) is 104 Å². The largest absolute Gasteiger partial charge is 0.481 e. The monoisotopic (exact) mass is 1120 g/mol. The van der Waals surface area contributed by atoms with Gasteiger partial charge in [0.2, 0.25) is 35.4 Å². The summed E-state index contributed by atoms with van der Waals surface area (Å²) in [7, 11) is -5.23. The fourth-order valence-corrected chi connectivity index (χ4v) is 10.6. The third-order valence-corrected chi connectivity index (χ3v) is 14.6. The quantitative estimate of drug-likeness (QED) is 0.0409. The van der Waals surface area contributed by atoms with Gasteiger partial charge in [0.05, 0.1) is 61.3 Å².